The summed E-state index contributed by atoms with van der Waals surface area (Å²) in [4.78, 5) is 51.8. The lowest BCUT2D eigenvalue weighted by Gasteiger charge is -2.29. The van der Waals surface area contributed by atoms with E-state index in [1.807, 2.05) is 81.6 Å². The Morgan fingerprint density at radius 1 is 0.868 bits per heavy atom. The SMILES string of the molecule is C.C.C=CC(=O)N1CC(=O)Cc2ccccc21.CN(C)CCC(=O)N1CC(=O)Cc2ccccc21.CNC. The lowest BCUT2D eigenvalue weighted by Crippen LogP contribution is -2.41. The minimum absolute atomic E-state index is 0. The monoisotopic (exact) mass is 524 g/mol. The Balaban J connectivity index is 0.000000630. The number of carbonyl (C=O) groups is 4. The van der Waals surface area contributed by atoms with Crippen LogP contribution in [-0.4, -0.2) is 76.1 Å². The van der Waals surface area contributed by atoms with Crippen LogP contribution >= 0.6 is 0 Å². The van der Waals surface area contributed by atoms with Gasteiger partial charge in [0.25, 0.3) is 5.91 Å². The quantitative estimate of drug-likeness (QED) is 0.616. The summed E-state index contributed by atoms with van der Waals surface area (Å²) in [5.41, 5.74) is 3.57. The first kappa shape index (κ1) is 34.4. The third-order valence-corrected chi connectivity index (χ3v) is 5.52. The molecule has 0 aromatic heterocycles. The van der Waals surface area contributed by atoms with Crippen LogP contribution < -0.4 is 15.1 Å². The molecule has 208 valence electrons. The van der Waals surface area contributed by atoms with Crippen molar-refractivity contribution in [3.05, 3.63) is 72.3 Å². The van der Waals surface area contributed by atoms with Gasteiger partial charge in [0.15, 0.2) is 11.6 Å². The van der Waals surface area contributed by atoms with E-state index in [2.05, 4.69) is 11.9 Å². The van der Waals surface area contributed by atoms with E-state index in [0.29, 0.717) is 25.8 Å². The average Bonchev–Trinajstić information content (AvgIpc) is 2.86. The Morgan fingerprint density at radius 3 is 1.74 bits per heavy atom. The van der Waals surface area contributed by atoms with Crippen molar-refractivity contribution in [1.29, 1.82) is 0 Å². The molecular formula is C30H44N4O4. The third kappa shape index (κ3) is 9.68. The van der Waals surface area contributed by atoms with Gasteiger partial charge in [0, 0.05) is 37.2 Å². The average molecular weight is 525 g/mol. The van der Waals surface area contributed by atoms with Gasteiger partial charge in [-0.1, -0.05) is 57.8 Å². The summed E-state index contributed by atoms with van der Waals surface area (Å²) in [6, 6.07) is 15.1. The van der Waals surface area contributed by atoms with Gasteiger partial charge in [0.2, 0.25) is 5.91 Å². The largest absolute Gasteiger partial charge is 0.323 e. The number of rotatable bonds is 4. The van der Waals surface area contributed by atoms with Crippen LogP contribution in [0, 0.1) is 0 Å². The van der Waals surface area contributed by atoms with E-state index in [0.717, 1.165) is 22.5 Å². The van der Waals surface area contributed by atoms with E-state index >= 15 is 0 Å². The molecule has 8 nitrogen and oxygen atoms in total. The van der Waals surface area contributed by atoms with Crippen LogP contribution in [0.15, 0.2) is 61.2 Å². The Hall–Kier alpha value is -3.62. The van der Waals surface area contributed by atoms with Gasteiger partial charge in [-0.25, -0.2) is 0 Å². The van der Waals surface area contributed by atoms with Crippen molar-refractivity contribution >= 4 is 34.8 Å². The second kappa shape index (κ2) is 17.0. The first-order chi connectivity index (χ1) is 17.2. The lowest BCUT2D eigenvalue weighted by molar-refractivity contribution is -0.123. The second-order valence-corrected chi connectivity index (χ2v) is 8.85. The van der Waals surface area contributed by atoms with Crippen LogP contribution in [0.4, 0.5) is 11.4 Å². The van der Waals surface area contributed by atoms with E-state index < -0.39 is 0 Å². The summed E-state index contributed by atoms with van der Waals surface area (Å²) in [5.74, 6) is -0.0458. The molecule has 2 aliphatic rings. The van der Waals surface area contributed by atoms with Gasteiger partial charge in [0.05, 0.1) is 13.1 Å². The lowest BCUT2D eigenvalue weighted by atomic mass is 10.0. The molecule has 0 atom stereocenters. The molecule has 2 aromatic rings. The Kier molecular flexibility index (Phi) is 15.4. The highest BCUT2D eigenvalue weighted by Crippen LogP contribution is 2.26. The highest BCUT2D eigenvalue weighted by atomic mass is 16.2. The summed E-state index contributed by atoms with van der Waals surface area (Å²) in [6.07, 6.45) is 2.52. The van der Waals surface area contributed by atoms with Gasteiger partial charge >= 0.3 is 0 Å². The predicted octanol–water partition coefficient (Wildman–Crippen LogP) is 3.54. The molecular weight excluding hydrogens is 480 g/mol. The zero-order chi connectivity index (χ0) is 26.7. The van der Waals surface area contributed by atoms with E-state index in [1.54, 1.807) is 4.90 Å². The van der Waals surface area contributed by atoms with Crippen LogP contribution in [0.5, 0.6) is 0 Å². The van der Waals surface area contributed by atoms with E-state index in [4.69, 9.17) is 0 Å². The van der Waals surface area contributed by atoms with Crippen LogP contribution in [-0.2, 0) is 32.0 Å². The van der Waals surface area contributed by atoms with Gasteiger partial charge in [-0.3, -0.25) is 19.2 Å². The molecule has 0 spiro atoms. The molecule has 0 aliphatic carbocycles. The molecule has 2 heterocycles. The fourth-order valence-electron chi connectivity index (χ4n) is 3.89. The van der Waals surface area contributed by atoms with Crippen molar-refractivity contribution in [2.24, 2.45) is 0 Å². The molecule has 8 heteroatoms. The first-order valence-corrected chi connectivity index (χ1v) is 11.9. The van der Waals surface area contributed by atoms with Gasteiger partial charge in [-0.05, 0) is 57.5 Å². The maximum atomic E-state index is 12.2. The highest BCUT2D eigenvalue weighted by molar-refractivity contribution is 6.08. The Bertz CT molecular complexity index is 1100. The molecule has 2 aromatic carbocycles. The molecule has 0 bridgehead atoms. The molecule has 0 saturated carbocycles. The number of ketones is 2. The summed E-state index contributed by atoms with van der Waals surface area (Å²) < 4.78 is 0. The molecule has 4 rings (SSSR count). The van der Waals surface area contributed by atoms with Crippen LogP contribution in [0.25, 0.3) is 0 Å². The van der Waals surface area contributed by atoms with E-state index in [9.17, 15) is 19.2 Å². The van der Waals surface area contributed by atoms with Crippen molar-refractivity contribution in [2.45, 2.75) is 34.1 Å². The number of hydrogen-bond acceptors (Lipinski definition) is 6. The molecule has 0 radical (unpaired) electrons. The second-order valence-electron chi connectivity index (χ2n) is 8.85. The van der Waals surface area contributed by atoms with Crippen molar-refractivity contribution in [3.63, 3.8) is 0 Å². The maximum Gasteiger partial charge on any atom is 0.250 e. The fourth-order valence-corrected chi connectivity index (χ4v) is 3.89. The normalized spacial score (nSPS) is 13.3. The Morgan fingerprint density at radius 2 is 1.29 bits per heavy atom. The fraction of sp³-hybridized carbons (Fsp3) is 0.400. The number of para-hydroxylation sites is 2. The van der Waals surface area contributed by atoms with Crippen LogP contribution in [0.3, 0.4) is 0 Å². The molecule has 2 aliphatic heterocycles. The van der Waals surface area contributed by atoms with Crippen molar-refractivity contribution in [2.75, 3.05) is 57.6 Å². The number of anilines is 2. The summed E-state index contributed by atoms with van der Waals surface area (Å²) >= 11 is 0. The molecule has 0 fully saturated rings. The number of nitrogens with one attached hydrogen (secondary N) is 1. The number of Topliss-reactive ketones (excluding diaryl/α,β-unsaturated/α-hetero) is 2. The van der Waals surface area contributed by atoms with Crippen molar-refractivity contribution in [3.8, 4) is 0 Å². The number of benzene rings is 2. The van der Waals surface area contributed by atoms with Crippen molar-refractivity contribution in [1.82, 2.24) is 10.2 Å². The topological polar surface area (TPSA) is 90.0 Å². The summed E-state index contributed by atoms with van der Waals surface area (Å²) in [7, 11) is 7.62. The maximum absolute atomic E-state index is 12.2. The summed E-state index contributed by atoms with van der Waals surface area (Å²) in [6.45, 7) is 4.50. The van der Waals surface area contributed by atoms with Gasteiger partial charge in [0.1, 0.15) is 0 Å². The predicted molar refractivity (Wildman–Crippen MR) is 157 cm³/mol. The van der Waals surface area contributed by atoms with E-state index in [-0.39, 0.29) is 51.3 Å². The zero-order valence-electron chi connectivity index (χ0n) is 21.6. The number of amides is 2. The van der Waals surface area contributed by atoms with Gasteiger partial charge < -0.3 is 20.0 Å². The number of hydrogen-bond donors (Lipinski definition) is 1. The molecule has 0 unspecified atom stereocenters. The van der Waals surface area contributed by atoms with Gasteiger partial charge in [-0.15, -0.1) is 0 Å². The number of fused-ring (bicyclic) bond motifs is 2. The number of carbonyl (C=O) groups excluding carboxylic acids is 4. The third-order valence-electron chi connectivity index (χ3n) is 5.52. The van der Waals surface area contributed by atoms with Crippen molar-refractivity contribution < 1.29 is 19.2 Å². The van der Waals surface area contributed by atoms with Crippen LogP contribution in [0.2, 0.25) is 0 Å². The highest BCUT2D eigenvalue weighted by Gasteiger charge is 2.26. The first-order valence-electron chi connectivity index (χ1n) is 11.9. The van der Waals surface area contributed by atoms with Gasteiger partial charge in [-0.2, -0.15) is 0 Å². The van der Waals surface area contributed by atoms with Crippen LogP contribution in [0.1, 0.15) is 32.4 Å². The molecule has 2 amide bonds. The summed E-state index contributed by atoms with van der Waals surface area (Å²) in [5, 5.41) is 2.75. The minimum Gasteiger partial charge on any atom is -0.323 e. The zero-order valence-corrected chi connectivity index (χ0v) is 21.6. The Labute approximate surface area is 228 Å². The number of nitrogens with zero attached hydrogens (tertiary/aromatic N) is 3. The molecule has 0 saturated heterocycles. The smallest absolute Gasteiger partial charge is 0.250 e. The van der Waals surface area contributed by atoms with E-state index in [1.165, 1.54) is 11.0 Å². The molecule has 38 heavy (non-hydrogen) atoms. The standard InChI is InChI=1S/C14H18N2O2.C12H11NO2.C2H7N.2CH4/c1-15(2)8-7-14(18)16-10-12(17)9-11-5-3-4-6-13(11)16;1-2-12(15)13-8-10(14)7-9-5-3-4-6-11(9)13;1-3-2;;/h3-6H,7-10H2,1-2H3;2-6H,1,7-8H2;3H,1-2H3;2*1H4. The minimum atomic E-state index is -0.226. The molecule has 1 N–H and O–H groups in total.